The summed E-state index contributed by atoms with van der Waals surface area (Å²) in [5.41, 5.74) is -1.75. The van der Waals surface area contributed by atoms with Crippen molar-refractivity contribution >= 4 is 11.8 Å². The highest BCUT2D eigenvalue weighted by atomic mass is 19.4. The zero-order chi connectivity index (χ0) is 20.4. The van der Waals surface area contributed by atoms with Gasteiger partial charge in [0, 0.05) is 20.2 Å². The molecule has 0 aliphatic rings. The smallest absolute Gasteiger partial charge is 0.386 e. The number of alkyl halides is 3. The Hall–Kier alpha value is -2.49. The Kier molecular flexibility index (Phi) is 6.19. The Morgan fingerprint density at radius 2 is 1.74 bits per heavy atom. The van der Waals surface area contributed by atoms with Crippen LogP contribution in [0, 0.1) is 11.6 Å². The maximum atomic E-state index is 13.9. The lowest BCUT2D eigenvalue weighted by atomic mass is 9.99. The first kappa shape index (κ1) is 20.8. The summed E-state index contributed by atoms with van der Waals surface area (Å²) in [5, 5.41) is 12.9. The molecule has 0 aliphatic heterocycles. The fourth-order valence-electron chi connectivity index (χ4n) is 2.44. The van der Waals surface area contributed by atoms with Crippen LogP contribution in [0.25, 0.3) is 0 Å². The fraction of sp³-hybridized carbons (Fsp3) is 0.412. The van der Waals surface area contributed by atoms with Crippen LogP contribution in [0.5, 0.6) is 0 Å². The number of hydrogen-bond donors (Lipinski definition) is 2. The van der Waals surface area contributed by atoms with E-state index in [0.29, 0.717) is 0 Å². The molecule has 0 radical (unpaired) electrons. The summed E-state index contributed by atoms with van der Waals surface area (Å²) in [7, 11) is 3.01. The number of rotatable bonds is 6. The minimum atomic E-state index is -4.71. The number of nitrogens with one attached hydrogen (secondary N) is 1. The first-order valence-electron chi connectivity index (χ1n) is 8.06. The van der Waals surface area contributed by atoms with Gasteiger partial charge in [-0.15, -0.1) is 0 Å². The average molecular weight is 390 g/mol. The summed E-state index contributed by atoms with van der Waals surface area (Å²) in [6, 6.07) is 2.88. The highest BCUT2D eigenvalue weighted by molar-refractivity contribution is 5.45. The summed E-state index contributed by atoms with van der Waals surface area (Å²) >= 11 is 0. The van der Waals surface area contributed by atoms with Crippen LogP contribution in [-0.2, 0) is 6.18 Å². The first-order chi connectivity index (χ1) is 12.5. The number of nitrogens with zero attached hydrogens (tertiary/aromatic N) is 3. The predicted molar refractivity (Wildman–Crippen MR) is 90.4 cm³/mol. The lowest BCUT2D eigenvalue weighted by Crippen LogP contribution is -2.30. The Morgan fingerprint density at radius 3 is 2.22 bits per heavy atom. The summed E-state index contributed by atoms with van der Waals surface area (Å²) in [4.78, 5) is 8.74. The number of halogens is 5. The molecule has 27 heavy (non-hydrogen) atoms. The van der Waals surface area contributed by atoms with E-state index < -0.39 is 47.2 Å². The molecule has 1 aromatic carbocycles. The summed E-state index contributed by atoms with van der Waals surface area (Å²) in [5.74, 6) is -2.33. The second-order valence-electron chi connectivity index (χ2n) is 6.07. The van der Waals surface area contributed by atoms with E-state index in [2.05, 4.69) is 15.3 Å². The zero-order valence-electron chi connectivity index (χ0n) is 14.8. The SMILES string of the molecule is CC[C@H](Nc1nc(N(C)C)cc(C(F)(F)F)n1)[C@H](O)c1c(F)cccc1F. The predicted octanol–water partition coefficient (Wildman–Crippen LogP) is 3.76. The van der Waals surface area contributed by atoms with Crippen LogP contribution in [0.15, 0.2) is 24.3 Å². The standard InChI is InChI=1S/C17H19F5N4O/c1-4-11(15(27)14-9(18)6-5-7-10(14)19)23-16-24-12(17(20,21)22)8-13(25-16)26(2)3/h5-8,11,15,27H,4H2,1-3H3,(H,23,24,25)/t11-,15-/m0/s1. The molecule has 0 fully saturated rings. The summed E-state index contributed by atoms with van der Waals surface area (Å²) < 4.78 is 67.0. The van der Waals surface area contributed by atoms with Crippen molar-refractivity contribution in [3.63, 3.8) is 0 Å². The molecule has 2 atom stereocenters. The third-order valence-corrected chi connectivity index (χ3v) is 3.89. The average Bonchev–Trinajstić information content (AvgIpc) is 2.58. The monoisotopic (exact) mass is 390 g/mol. The Balaban J connectivity index is 2.39. The van der Waals surface area contributed by atoms with Gasteiger partial charge in [-0.1, -0.05) is 13.0 Å². The number of benzene rings is 1. The number of aliphatic hydroxyl groups is 1. The Labute approximate surface area is 152 Å². The quantitative estimate of drug-likeness (QED) is 0.736. The van der Waals surface area contributed by atoms with Gasteiger partial charge in [0.05, 0.1) is 11.6 Å². The fourth-order valence-corrected chi connectivity index (χ4v) is 2.44. The van der Waals surface area contributed by atoms with Gasteiger partial charge in [0.1, 0.15) is 23.6 Å². The van der Waals surface area contributed by atoms with Crippen LogP contribution in [0.4, 0.5) is 33.7 Å². The van der Waals surface area contributed by atoms with Gasteiger partial charge in [-0.2, -0.15) is 18.2 Å². The van der Waals surface area contributed by atoms with Gasteiger partial charge in [0.2, 0.25) is 5.95 Å². The normalized spacial score (nSPS) is 14.0. The third kappa shape index (κ3) is 4.82. The van der Waals surface area contributed by atoms with E-state index in [1.165, 1.54) is 19.0 Å². The van der Waals surface area contributed by atoms with E-state index in [1.807, 2.05) is 0 Å². The van der Waals surface area contributed by atoms with E-state index in [4.69, 9.17) is 0 Å². The first-order valence-corrected chi connectivity index (χ1v) is 8.06. The highest BCUT2D eigenvalue weighted by Gasteiger charge is 2.34. The molecule has 0 spiro atoms. The molecule has 148 valence electrons. The number of hydrogen-bond acceptors (Lipinski definition) is 5. The van der Waals surface area contributed by atoms with Crippen LogP contribution in [0.1, 0.15) is 30.7 Å². The van der Waals surface area contributed by atoms with Crippen molar-refractivity contribution in [1.29, 1.82) is 0 Å². The molecule has 0 saturated carbocycles. The second kappa shape index (κ2) is 8.03. The highest BCUT2D eigenvalue weighted by Crippen LogP contribution is 2.31. The van der Waals surface area contributed by atoms with Gasteiger partial charge in [0.25, 0.3) is 0 Å². The van der Waals surface area contributed by atoms with Crippen molar-refractivity contribution in [2.75, 3.05) is 24.3 Å². The van der Waals surface area contributed by atoms with Crippen molar-refractivity contribution < 1.29 is 27.1 Å². The molecule has 0 bridgehead atoms. The van der Waals surface area contributed by atoms with Crippen molar-refractivity contribution in [1.82, 2.24) is 9.97 Å². The van der Waals surface area contributed by atoms with E-state index in [9.17, 15) is 27.1 Å². The summed E-state index contributed by atoms with van der Waals surface area (Å²) in [6.07, 6.45) is -6.22. The van der Waals surface area contributed by atoms with Crippen LogP contribution < -0.4 is 10.2 Å². The van der Waals surface area contributed by atoms with Crippen molar-refractivity contribution in [2.24, 2.45) is 0 Å². The molecule has 0 saturated heterocycles. The van der Waals surface area contributed by atoms with Crippen molar-refractivity contribution in [3.8, 4) is 0 Å². The number of anilines is 2. The van der Waals surface area contributed by atoms with Crippen LogP contribution in [0.2, 0.25) is 0 Å². The molecular weight excluding hydrogens is 371 g/mol. The van der Waals surface area contributed by atoms with Crippen molar-refractivity contribution in [2.45, 2.75) is 31.7 Å². The van der Waals surface area contributed by atoms with E-state index in [1.54, 1.807) is 6.92 Å². The molecule has 2 aromatic rings. The molecule has 0 unspecified atom stereocenters. The molecule has 0 aliphatic carbocycles. The lowest BCUT2D eigenvalue weighted by Gasteiger charge is -2.25. The molecule has 5 nitrogen and oxygen atoms in total. The van der Waals surface area contributed by atoms with Gasteiger partial charge in [0.15, 0.2) is 5.69 Å². The van der Waals surface area contributed by atoms with Crippen molar-refractivity contribution in [3.05, 3.63) is 47.2 Å². The van der Waals surface area contributed by atoms with E-state index in [0.717, 1.165) is 24.3 Å². The van der Waals surface area contributed by atoms with Crippen LogP contribution >= 0.6 is 0 Å². The Bertz CT molecular complexity index is 777. The number of aliphatic hydroxyl groups excluding tert-OH is 1. The van der Waals surface area contributed by atoms with Gasteiger partial charge in [-0.05, 0) is 18.6 Å². The minimum Gasteiger partial charge on any atom is -0.386 e. The van der Waals surface area contributed by atoms with Gasteiger partial charge in [-0.25, -0.2) is 13.8 Å². The molecule has 1 heterocycles. The van der Waals surface area contributed by atoms with Crippen LogP contribution in [0.3, 0.4) is 0 Å². The lowest BCUT2D eigenvalue weighted by molar-refractivity contribution is -0.141. The van der Waals surface area contributed by atoms with Gasteiger partial charge < -0.3 is 15.3 Å². The summed E-state index contributed by atoms with van der Waals surface area (Å²) in [6.45, 7) is 1.60. The molecule has 1 aromatic heterocycles. The molecule has 0 amide bonds. The largest absolute Gasteiger partial charge is 0.433 e. The molecule has 2 rings (SSSR count). The topological polar surface area (TPSA) is 61.3 Å². The van der Waals surface area contributed by atoms with Gasteiger partial charge in [-0.3, -0.25) is 0 Å². The van der Waals surface area contributed by atoms with Gasteiger partial charge >= 0.3 is 6.18 Å². The maximum absolute atomic E-state index is 13.9. The molecule has 2 N–H and O–H groups in total. The third-order valence-electron chi connectivity index (χ3n) is 3.89. The molecule has 10 heteroatoms. The minimum absolute atomic E-state index is 0.0127. The number of aromatic nitrogens is 2. The van der Waals surface area contributed by atoms with Crippen LogP contribution in [-0.4, -0.2) is 35.2 Å². The maximum Gasteiger partial charge on any atom is 0.433 e. The second-order valence-corrected chi connectivity index (χ2v) is 6.07. The zero-order valence-corrected chi connectivity index (χ0v) is 14.8. The van der Waals surface area contributed by atoms with E-state index >= 15 is 0 Å². The molecular formula is C17H19F5N4O. The Morgan fingerprint density at radius 1 is 1.15 bits per heavy atom. The van der Waals surface area contributed by atoms with E-state index in [-0.39, 0.29) is 12.2 Å².